The van der Waals surface area contributed by atoms with Crippen molar-refractivity contribution >= 4 is 17.5 Å². The van der Waals surface area contributed by atoms with E-state index >= 15 is 0 Å². The molecule has 32 heavy (non-hydrogen) atoms. The van der Waals surface area contributed by atoms with Crippen LogP contribution in [0.2, 0.25) is 0 Å². The zero-order valence-corrected chi connectivity index (χ0v) is 18.9. The van der Waals surface area contributed by atoms with Gasteiger partial charge in [-0.05, 0) is 62.5 Å². The van der Waals surface area contributed by atoms with Gasteiger partial charge in [0.05, 0.1) is 6.20 Å². The number of carbonyl (C=O) groups excluding carboxylic acids is 1. The van der Waals surface area contributed by atoms with E-state index in [-0.39, 0.29) is 17.3 Å². The van der Waals surface area contributed by atoms with E-state index in [1.807, 2.05) is 11.1 Å². The van der Waals surface area contributed by atoms with Crippen LogP contribution in [0.15, 0.2) is 36.8 Å². The van der Waals surface area contributed by atoms with Gasteiger partial charge in [0.1, 0.15) is 11.6 Å². The third-order valence-corrected chi connectivity index (χ3v) is 7.50. The molecule has 8 heteroatoms. The molecule has 5 rings (SSSR count). The molecule has 0 bridgehead atoms. The van der Waals surface area contributed by atoms with Gasteiger partial charge in [0.15, 0.2) is 0 Å². The third-order valence-electron chi connectivity index (χ3n) is 7.50. The first kappa shape index (κ1) is 21.1. The number of hydrogen-bond donors (Lipinski definition) is 0. The van der Waals surface area contributed by atoms with Crippen LogP contribution in [0.5, 0.6) is 0 Å². The Morgan fingerprint density at radius 3 is 2.53 bits per heavy atom. The van der Waals surface area contributed by atoms with Gasteiger partial charge in [-0.15, -0.1) is 0 Å². The number of anilines is 2. The number of likely N-dealkylation sites (tertiary alicyclic amines) is 1. The fourth-order valence-corrected chi connectivity index (χ4v) is 5.71. The third kappa shape index (κ3) is 3.70. The fraction of sp³-hybridized carbons (Fsp3) is 0.542. The maximum absolute atomic E-state index is 14.2. The predicted octanol–water partition coefficient (Wildman–Crippen LogP) is 3.12. The minimum atomic E-state index is -0.221. The Kier molecular flexibility index (Phi) is 5.49. The van der Waals surface area contributed by atoms with E-state index in [9.17, 15) is 9.18 Å². The number of rotatable bonds is 2. The van der Waals surface area contributed by atoms with Crippen molar-refractivity contribution in [3.05, 3.63) is 48.2 Å². The lowest BCUT2D eigenvalue weighted by atomic mass is 9.74. The normalized spacial score (nSPS) is 21.1. The number of nitrogens with zero attached hydrogens (tertiary/aromatic N) is 6. The number of fused-ring (bicyclic) bond motifs is 2. The lowest BCUT2D eigenvalue weighted by Gasteiger charge is -2.45. The second-order valence-corrected chi connectivity index (χ2v) is 9.52. The number of piperidine rings is 2. The van der Waals surface area contributed by atoms with E-state index < -0.39 is 0 Å². The maximum Gasteiger partial charge on any atom is 0.323 e. The number of aromatic nitrogens is 2. The lowest BCUT2D eigenvalue weighted by Crippen LogP contribution is -2.52. The highest BCUT2D eigenvalue weighted by Crippen LogP contribution is 2.48. The number of halogens is 1. The SMILES string of the molecule is CN(C)C(=O)N1CC2(CCN(C3CCN(c4cnccn4)CC3)CC2)c2cc(F)ccc21. The smallest absolute Gasteiger partial charge is 0.323 e. The molecule has 0 aliphatic carbocycles. The Morgan fingerprint density at radius 1 is 1.12 bits per heavy atom. The molecular formula is C24H31FN6O. The van der Waals surface area contributed by atoms with Crippen molar-refractivity contribution in [3.63, 3.8) is 0 Å². The molecular weight excluding hydrogens is 407 g/mol. The average molecular weight is 439 g/mol. The molecule has 1 aromatic carbocycles. The van der Waals surface area contributed by atoms with Crippen LogP contribution in [0.1, 0.15) is 31.2 Å². The summed E-state index contributed by atoms with van der Waals surface area (Å²) in [6, 6.07) is 5.43. The summed E-state index contributed by atoms with van der Waals surface area (Å²) >= 11 is 0. The molecule has 2 saturated heterocycles. The minimum absolute atomic E-state index is 0.0338. The average Bonchev–Trinajstić information content (AvgIpc) is 3.13. The van der Waals surface area contributed by atoms with E-state index in [0.29, 0.717) is 12.6 Å². The van der Waals surface area contributed by atoms with Crippen LogP contribution in [0.3, 0.4) is 0 Å². The van der Waals surface area contributed by atoms with Gasteiger partial charge in [-0.1, -0.05) is 0 Å². The van der Waals surface area contributed by atoms with Gasteiger partial charge in [0.2, 0.25) is 0 Å². The number of urea groups is 1. The second-order valence-electron chi connectivity index (χ2n) is 9.52. The second kappa shape index (κ2) is 8.31. The summed E-state index contributed by atoms with van der Waals surface area (Å²) in [6.07, 6.45) is 9.41. The van der Waals surface area contributed by atoms with E-state index in [1.54, 1.807) is 43.5 Å². The molecule has 170 valence electrons. The predicted molar refractivity (Wildman–Crippen MR) is 123 cm³/mol. The van der Waals surface area contributed by atoms with E-state index in [0.717, 1.165) is 68.9 Å². The molecule has 2 aromatic rings. The van der Waals surface area contributed by atoms with Gasteiger partial charge in [-0.3, -0.25) is 9.88 Å². The Hall–Kier alpha value is -2.74. The molecule has 3 aliphatic rings. The minimum Gasteiger partial charge on any atom is -0.355 e. The van der Waals surface area contributed by atoms with Gasteiger partial charge in [-0.2, -0.15) is 0 Å². The van der Waals surface area contributed by atoms with Crippen LogP contribution in [-0.2, 0) is 5.41 Å². The molecule has 7 nitrogen and oxygen atoms in total. The van der Waals surface area contributed by atoms with Crippen molar-refractivity contribution in [2.24, 2.45) is 0 Å². The Labute approximate surface area is 188 Å². The topological polar surface area (TPSA) is 55.8 Å². The Morgan fingerprint density at radius 2 is 1.88 bits per heavy atom. The molecule has 1 spiro atoms. The molecule has 2 amide bonds. The molecule has 1 aromatic heterocycles. The van der Waals surface area contributed by atoms with Gasteiger partial charge in [0.25, 0.3) is 0 Å². The summed E-state index contributed by atoms with van der Waals surface area (Å²) in [5.74, 6) is 0.736. The van der Waals surface area contributed by atoms with Crippen molar-refractivity contribution in [2.45, 2.75) is 37.1 Å². The molecule has 0 unspecified atom stereocenters. The summed E-state index contributed by atoms with van der Waals surface area (Å²) in [5.41, 5.74) is 1.72. The van der Waals surface area contributed by atoms with Crippen molar-refractivity contribution in [2.75, 3.05) is 56.6 Å². The van der Waals surface area contributed by atoms with Gasteiger partial charge >= 0.3 is 6.03 Å². The number of amides is 2. The van der Waals surface area contributed by atoms with Gasteiger partial charge < -0.3 is 14.7 Å². The van der Waals surface area contributed by atoms with Gasteiger partial charge in [0, 0.05) is 63.3 Å². The van der Waals surface area contributed by atoms with Crippen molar-refractivity contribution < 1.29 is 9.18 Å². The Balaban J connectivity index is 1.26. The van der Waals surface area contributed by atoms with Crippen LogP contribution in [-0.4, -0.2) is 78.7 Å². The zero-order valence-electron chi connectivity index (χ0n) is 18.9. The first-order valence-corrected chi connectivity index (χ1v) is 11.5. The highest BCUT2D eigenvalue weighted by atomic mass is 19.1. The number of carbonyl (C=O) groups is 1. The molecule has 3 aliphatic heterocycles. The van der Waals surface area contributed by atoms with Crippen LogP contribution in [0.4, 0.5) is 20.7 Å². The maximum atomic E-state index is 14.2. The lowest BCUT2D eigenvalue weighted by molar-refractivity contribution is 0.104. The first-order chi connectivity index (χ1) is 15.5. The van der Waals surface area contributed by atoms with Crippen LogP contribution in [0.25, 0.3) is 0 Å². The van der Waals surface area contributed by atoms with Gasteiger partial charge in [-0.25, -0.2) is 14.2 Å². The molecule has 0 saturated carbocycles. The number of hydrogen-bond acceptors (Lipinski definition) is 5. The molecule has 0 atom stereocenters. The quantitative estimate of drug-likeness (QED) is 0.721. The number of benzene rings is 1. The molecule has 2 fully saturated rings. The van der Waals surface area contributed by atoms with E-state index in [2.05, 4.69) is 19.8 Å². The van der Waals surface area contributed by atoms with Crippen molar-refractivity contribution in [1.82, 2.24) is 19.8 Å². The van der Waals surface area contributed by atoms with E-state index in [4.69, 9.17) is 0 Å². The van der Waals surface area contributed by atoms with Crippen LogP contribution in [0, 0.1) is 5.82 Å². The molecule has 4 heterocycles. The van der Waals surface area contributed by atoms with Crippen molar-refractivity contribution in [3.8, 4) is 0 Å². The molecule has 0 N–H and O–H groups in total. The van der Waals surface area contributed by atoms with Crippen LogP contribution < -0.4 is 9.80 Å². The summed E-state index contributed by atoms with van der Waals surface area (Å²) in [6.45, 7) is 4.58. The largest absolute Gasteiger partial charge is 0.355 e. The van der Waals surface area contributed by atoms with E-state index in [1.165, 1.54) is 6.07 Å². The standard InChI is InChI=1S/C24H31FN6O/c1-28(2)23(32)31-17-24(20-15-18(25)3-4-21(20)31)7-13-29(14-8-24)19-5-11-30(12-6-19)22-16-26-9-10-27-22/h3-4,9-10,15-16,19H,5-8,11-14,17H2,1-2H3. The summed E-state index contributed by atoms with van der Waals surface area (Å²) in [4.78, 5) is 29.8. The summed E-state index contributed by atoms with van der Waals surface area (Å²) < 4.78 is 14.2. The fourth-order valence-electron chi connectivity index (χ4n) is 5.71. The Bertz CT molecular complexity index is 968. The first-order valence-electron chi connectivity index (χ1n) is 11.5. The van der Waals surface area contributed by atoms with Crippen molar-refractivity contribution in [1.29, 1.82) is 0 Å². The highest BCUT2D eigenvalue weighted by molar-refractivity contribution is 5.95. The summed E-state index contributed by atoms with van der Waals surface area (Å²) in [7, 11) is 3.54. The molecule has 0 radical (unpaired) electrons. The highest BCUT2D eigenvalue weighted by Gasteiger charge is 2.47. The monoisotopic (exact) mass is 438 g/mol. The van der Waals surface area contributed by atoms with Crippen LogP contribution >= 0.6 is 0 Å². The summed E-state index contributed by atoms with van der Waals surface area (Å²) in [5, 5.41) is 0. The zero-order chi connectivity index (χ0) is 22.3.